The summed E-state index contributed by atoms with van der Waals surface area (Å²) in [5.74, 6) is 2.15. The first kappa shape index (κ1) is 27.5. The molecular weight excluding hydrogens is 518 g/mol. The largest absolute Gasteiger partial charge is 0.508 e. The number of methoxy groups -OCH3 is 3. The summed E-state index contributed by atoms with van der Waals surface area (Å²) in [4.78, 5) is 12.7. The SMILES string of the molecule is CC/C(=N\NC(=O)CSc1n[nH]c(-c2cc(OC)c(OC)c(OC)c2)[n+]1-c1ccccc1)c1ccc(O)cc1. The Hall–Kier alpha value is -4.51. The molecule has 10 nitrogen and oxygen atoms in total. The van der Waals surface area contributed by atoms with Gasteiger partial charge >= 0.3 is 5.16 Å². The summed E-state index contributed by atoms with van der Waals surface area (Å²) in [6, 6.07) is 20.1. The number of phenolic OH excluding ortho intramolecular Hbond substituents is 1. The molecule has 0 unspecified atom stereocenters. The van der Waals surface area contributed by atoms with E-state index in [1.54, 1.807) is 45.6 Å². The first-order valence-corrected chi connectivity index (χ1v) is 13.1. The number of hydrazone groups is 1. The number of carbonyl (C=O) groups is 1. The molecule has 0 saturated heterocycles. The number of para-hydroxylation sites is 1. The first-order valence-electron chi connectivity index (χ1n) is 12.1. The van der Waals surface area contributed by atoms with Crippen LogP contribution in [0.4, 0.5) is 0 Å². The lowest BCUT2D eigenvalue weighted by molar-refractivity contribution is -0.625. The molecule has 0 atom stereocenters. The number of nitrogens with one attached hydrogen (secondary N) is 2. The molecule has 0 aliphatic heterocycles. The second-order valence-corrected chi connectivity index (χ2v) is 9.16. The van der Waals surface area contributed by atoms with E-state index in [9.17, 15) is 9.90 Å². The molecule has 0 aliphatic carbocycles. The second kappa shape index (κ2) is 12.8. The minimum atomic E-state index is -0.276. The Balaban J connectivity index is 1.61. The first-order chi connectivity index (χ1) is 19.0. The van der Waals surface area contributed by atoms with Crippen LogP contribution in [0.25, 0.3) is 17.1 Å². The lowest BCUT2D eigenvalue weighted by Crippen LogP contribution is -2.34. The number of aromatic amines is 1. The zero-order valence-corrected chi connectivity index (χ0v) is 22.9. The Morgan fingerprint density at radius 1 is 1.03 bits per heavy atom. The van der Waals surface area contributed by atoms with Crippen LogP contribution in [-0.4, -0.2) is 54.0 Å². The lowest BCUT2D eigenvalue weighted by Gasteiger charge is -2.13. The quantitative estimate of drug-likeness (QED) is 0.112. The molecule has 11 heteroatoms. The number of ether oxygens (including phenoxy) is 3. The summed E-state index contributed by atoms with van der Waals surface area (Å²) >= 11 is 1.27. The smallest absolute Gasteiger partial charge is 0.342 e. The zero-order valence-electron chi connectivity index (χ0n) is 22.1. The van der Waals surface area contributed by atoms with Gasteiger partial charge in [-0.15, -0.1) is 5.10 Å². The van der Waals surface area contributed by atoms with E-state index in [0.29, 0.717) is 40.4 Å². The number of rotatable bonds is 11. The number of H-pyrrole nitrogens is 1. The van der Waals surface area contributed by atoms with E-state index in [4.69, 9.17) is 14.2 Å². The van der Waals surface area contributed by atoms with Crippen LogP contribution < -0.4 is 24.2 Å². The Morgan fingerprint density at radius 3 is 2.28 bits per heavy atom. The van der Waals surface area contributed by atoms with Crippen LogP contribution in [-0.2, 0) is 4.79 Å². The van der Waals surface area contributed by atoms with E-state index in [-0.39, 0.29) is 17.4 Å². The molecule has 3 aromatic carbocycles. The third-order valence-corrected chi connectivity index (χ3v) is 6.75. The molecule has 1 aromatic heterocycles. The van der Waals surface area contributed by atoms with Crippen molar-refractivity contribution in [2.24, 2.45) is 5.10 Å². The number of hydrogen-bond acceptors (Lipinski definition) is 8. The molecule has 4 rings (SSSR count). The van der Waals surface area contributed by atoms with Crippen molar-refractivity contribution in [3.8, 4) is 40.1 Å². The summed E-state index contributed by atoms with van der Waals surface area (Å²) in [5.41, 5.74) is 5.77. The number of thioether (sulfide) groups is 1. The third-order valence-electron chi connectivity index (χ3n) is 5.81. The van der Waals surface area contributed by atoms with Crippen molar-refractivity contribution >= 4 is 23.4 Å². The Morgan fingerprint density at radius 2 is 1.69 bits per heavy atom. The molecule has 4 aromatic rings. The Bertz CT molecular complexity index is 1430. The number of aromatic hydroxyl groups is 1. The molecule has 39 heavy (non-hydrogen) atoms. The van der Waals surface area contributed by atoms with Crippen LogP contribution >= 0.6 is 11.8 Å². The maximum absolute atomic E-state index is 12.7. The highest BCUT2D eigenvalue weighted by atomic mass is 32.2. The van der Waals surface area contributed by atoms with E-state index in [2.05, 4.69) is 20.7 Å². The van der Waals surface area contributed by atoms with Gasteiger partial charge in [0.2, 0.25) is 5.75 Å². The highest BCUT2D eigenvalue weighted by molar-refractivity contribution is 7.99. The molecule has 1 heterocycles. The number of hydrogen-bond donors (Lipinski definition) is 3. The van der Waals surface area contributed by atoms with Gasteiger partial charge in [-0.05, 0) is 72.3 Å². The van der Waals surface area contributed by atoms with E-state index in [0.717, 1.165) is 16.8 Å². The lowest BCUT2D eigenvalue weighted by atomic mass is 10.1. The van der Waals surface area contributed by atoms with Crippen molar-refractivity contribution < 1.29 is 28.7 Å². The number of benzene rings is 3. The summed E-state index contributed by atoms with van der Waals surface area (Å²) in [7, 11) is 4.68. The van der Waals surface area contributed by atoms with E-state index >= 15 is 0 Å². The van der Waals surface area contributed by atoms with Crippen molar-refractivity contribution in [2.75, 3.05) is 27.1 Å². The molecule has 0 spiro atoms. The van der Waals surface area contributed by atoms with Crippen LogP contribution in [0, 0.1) is 0 Å². The van der Waals surface area contributed by atoms with E-state index in [1.807, 2.05) is 54.0 Å². The maximum atomic E-state index is 12.7. The van der Waals surface area contributed by atoms with Gasteiger partial charge in [0.25, 0.3) is 11.7 Å². The van der Waals surface area contributed by atoms with E-state index in [1.165, 1.54) is 11.8 Å². The molecule has 202 valence electrons. The topological polar surface area (TPSA) is 122 Å². The predicted molar refractivity (Wildman–Crippen MR) is 149 cm³/mol. The van der Waals surface area contributed by atoms with Crippen LogP contribution in [0.5, 0.6) is 23.0 Å². The fourth-order valence-electron chi connectivity index (χ4n) is 3.92. The summed E-state index contributed by atoms with van der Waals surface area (Å²) in [6.07, 6.45) is 0.615. The normalized spacial score (nSPS) is 11.2. The highest BCUT2D eigenvalue weighted by Gasteiger charge is 2.27. The molecular formula is C28H30N5O5S+. The summed E-state index contributed by atoms with van der Waals surface area (Å²) < 4.78 is 18.5. The van der Waals surface area contributed by atoms with Crippen molar-refractivity contribution in [3.63, 3.8) is 0 Å². The molecule has 1 amide bonds. The molecule has 0 bridgehead atoms. The Kier molecular flexibility index (Phi) is 9.06. The zero-order chi connectivity index (χ0) is 27.8. The maximum Gasteiger partial charge on any atom is 0.342 e. The minimum absolute atomic E-state index is 0.0858. The van der Waals surface area contributed by atoms with Crippen LogP contribution in [0.2, 0.25) is 0 Å². The fourth-order valence-corrected chi connectivity index (χ4v) is 4.68. The van der Waals surface area contributed by atoms with Gasteiger partial charge in [0.1, 0.15) is 11.4 Å². The average Bonchev–Trinajstić information content (AvgIpc) is 3.40. The van der Waals surface area contributed by atoms with E-state index < -0.39 is 0 Å². The molecule has 0 saturated carbocycles. The highest BCUT2D eigenvalue weighted by Crippen LogP contribution is 2.40. The monoisotopic (exact) mass is 548 g/mol. The van der Waals surface area contributed by atoms with Gasteiger partial charge in [0.15, 0.2) is 11.5 Å². The van der Waals surface area contributed by atoms with Crippen LogP contribution in [0.1, 0.15) is 18.9 Å². The molecule has 0 radical (unpaired) electrons. The van der Waals surface area contributed by atoms with Gasteiger partial charge in [-0.25, -0.2) is 5.43 Å². The molecule has 3 N–H and O–H groups in total. The van der Waals surface area contributed by atoms with Crippen molar-refractivity contribution in [1.29, 1.82) is 0 Å². The van der Waals surface area contributed by atoms with Crippen LogP contribution in [0.15, 0.2) is 77.0 Å². The second-order valence-electron chi connectivity index (χ2n) is 8.22. The standard InChI is InChI=1S/C28H29N5O5S/c1-5-22(18-11-13-21(34)14-12-18)29-30-25(35)17-39-28-32-31-27(33(28)20-9-7-6-8-10-20)19-15-23(36-2)26(38-4)24(16-19)37-3/h6-16H,5,17H2,1-4H3,(H2,29,30,34,35)/p+1. The molecule has 0 aliphatic rings. The minimum Gasteiger partial charge on any atom is -0.508 e. The number of amides is 1. The van der Waals surface area contributed by atoms with Crippen molar-refractivity contribution in [2.45, 2.75) is 18.5 Å². The predicted octanol–water partition coefficient (Wildman–Crippen LogP) is 4.11. The number of carbonyl (C=O) groups excluding carboxylic acids is 1. The average molecular weight is 549 g/mol. The van der Waals surface area contributed by atoms with Gasteiger partial charge in [0, 0.05) is 0 Å². The van der Waals surface area contributed by atoms with Gasteiger partial charge in [-0.2, -0.15) is 9.67 Å². The van der Waals surface area contributed by atoms with Crippen LogP contribution in [0.3, 0.4) is 0 Å². The van der Waals surface area contributed by atoms with Gasteiger partial charge < -0.3 is 19.3 Å². The number of aromatic nitrogens is 3. The molecule has 0 fully saturated rings. The third kappa shape index (κ3) is 6.32. The van der Waals surface area contributed by atoms with Gasteiger partial charge in [0.05, 0.1) is 43.5 Å². The Labute approximate surface area is 230 Å². The van der Waals surface area contributed by atoms with Gasteiger partial charge in [-0.3, -0.25) is 4.79 Å². The summed E-state index contributed by atoms with van der Waals surface area (Å²) in [5, 5.41) is 22.0. The number of nitrogens with zero attached hydrogens (tertiary/aromatic N) is 3. The van der Waals surface area contributed by atoms with Gasteiger partial charge in [-0.1, -0.05) is 25.1 Å². The fraction of sp³-hybridized carbons (Fsp3) is 0.214. The summed E-state index contributed by atoms with van der Waals surface area (Å²) in [6.45, 7) is 1.95. The van der Waals surface area contributed by atoms with Crippen molar-refractivity contribution in [1.82, 2.24) is 15.6 Å². The van der Waals surface area contributed by atoms with Crippen molar-refractivity contribution in [3.05, 3.63) is 72.3 Å². The number of phenols is 1.